The Balaban J connectivity index is 1.80. The van der Waals surface area contributed by atoms with E-state index < -0.39 is 6.04 Å². The quantitative estimate of drug-likeness (QED) is 0.534. The van der Waals surface area contributed by atoms with Crippen LogP contribution in [0.15, 0.2) is 48.7 Å². The van der Waals surface area contributed by atoms with Crippen molar-refractivity contribution in [1.29, 1.82) is 0 Å². The second-order valence-electron chi connectivity index (χ2n) is 9.07. The molecule has 7 nitrogen and oxygen atoms in total. The normalized spacial score (nSPS) is 16.6. The van der Waals surface area contributed by atoms with E-state index >= 15 is 4.39 Å². The third-order valence-electron chi connectivity index (χ3n) is 6.19. The molecule has 8 heteroatoms. The van der Waals surface area contributed by atoms with Gasteiger partial charge in [0, 0.05) is 18.8 Å². The zero-order valence-corrected chi connectivity index (χ0v) is 19.7. The fourth-order valence-electron chi connectivity index (χ4n) is 4.43. The highest BCUT2D eigenvalue weighted by Crippen LogP contribution is 2.36. The molecule has 1 fully saturated rings. The van der Waals surface area contributed by atoms with Crippen LogP contribution in [-0.4, -0.2) is 39.3 Å². The van der Waals surface area contributed by atoms with Gasteiger partial charge >= 0.3 is 0 Å². The summed E-state index contributed by atoms with van der Waals surface area (Å²) in [5, 5.41) is 14.0. The van der Waals surface area contributed by atoms with E-state index in [4.69, 9.17) is 0 Å². The lowest BCUT2D eigenvalue weighted by molar-refractivity contribution is -0.128. The number of nitrogens with one attached hydrogen (secondary N) is 2. The minimum atomic E-state index is -1.03. The lowest BCUT2D eigenvalue weighted by atomic mass is 9.87. The topological polar surface area (TPSA) is 88.9 Å². The first-order valence-electron chi connectivity index (χ1n) is 11.6. The van der Waals surface area contributed by atoms with Gasteiger partial charge in [-0.2, -0.15) is 0 Å². The molecule has 1 amide bonds. The molecule has 2 heterocycles. The second-order valence-corrected chi connectivity index (χ2v) is 9.07. The van der Waals surface area contributed by atoms with Gasteiger partial charge in [-0.05, 0) is 42.0 Å². The summed E-state index contributed by atoms with van der Waals surface area (Å²) in [6, 6.07) is 11.2. The van der Waals surface area contributed by atoms with Crippen molar-refractivity contribution in [2.45, 2.75) is 51.1 Å². The minimum Gasteiger partial charge on any atom is -0.341 e. The highest BCUT2D eigenvalue weighted by atomic mass is 19.1. The van der Waals surface area contributed by atoms with Crippen LogP contribution in [0, 0.1) is 5.82 Å². The fourth-order valence-corrected chi connectivity index (χ4v) is 4.43. The summed E-state index contributed by atoms with van der Waals surface area (Å²) in [5.41, 5.74) is 2.48. The Kier molecular flexibility index (Phi) is 7.17. The summed E-state index contributed by atoms with van der Waals surface area (Å²) in [5.74, 6) is -0.949. The number of amides is 1. The number of carbonyl (C=O) groups excluding carboxylic acids is 2. The van der Waals surface area contributed by atoms with Gasteiger partial charge in [0.25, 0.3) is 0 Å². The number of aromatic nitrogens is 3. The van der Waals surface area contributed by atoms with E-state index in [1.54, 1.807) is 25.4 Å². The van der Waals surface area contributed by atoms with Crippen molar-refractivity contribution in [3.05, 3.63) is 71.3 Å². The van der Waals surface area contributed by atoms with Crippen LogP contribution in [0.3, 0.4) is 0 Å². The monoisotopic (exact) mass is 463 g/mol. The third-order valence-corrected chi connectivity index (χ3v) is 6.19. The Morgan fingerprint density at radius 1 is 1.18 bits per heavy atom. The van der Waals surface area contributed by atoms with E-state index in [2.05, 4.69) is 20.9 Å². The van der Waals surface area contributed by atoms with Crippen molar-refractivity contribution in [3.8, 4) is 11.1 Å². The molecule has 4 rings (SSSR count). The van der Waals surface area contributed by atoms with Gasteiger partial charge in [0.05, 0.1) is 18.2 Å². The Morgan fingerprint density at radius 2 is 1.91 bits per heavy atom. The van der Waals surface area contributed by atoms with Crippen LogP contribution in [-0.2, 0) is 23.1 Å². The fraction of sp³-hybridized carbons (Fsp3) is 0.385. The molecular formula is C26H30FN5O2. The molecule has 0 radical (unpaired) electrons. The molecule has 178 valence electrons. The highest BCUT2D eigenvalue weighted by molar-refractivity contribution is 5.94. The van der Waals surface area contributed by atoms with Crippen molar-refractivity contribution in [2.24, 2.45) is 7.05 Å². The number of rotatable bonds is 8. The predicted molar refractivity (Wildman–Crippen MR) is 128 cm³/mol. The Hall–Kier alpha value is -3.39. The molecule has 0 saturated carbocycles. The number of nitrogens with zero attached hydrogens (tertiary/aromatic N) is 3. The third kappa shape index (κ3) is 5.07. The molecule has 2 aromatic carbocycles. The van der Waals surface area contributed by atoms with Crippen molar-refractivity contribution in [2.75, 3.05) is 6.54 Å². The van der Waals surface area contributed by atoms with Gasteiger partial charge in [0.2, 0.25) is 5.91 Å². The van der Waals surface area contributed by atoms with Gasteiger partial charge in [-0.25, -0.2) is 4.39 Å². The summed E-state index contributed by atoms with van der Waals surface area (Å²) in [7, 11) is 1.72. The van der Waals surface area contributed by atoms with Crippen molar-refractivity contribution >= 4 is 11.7 Å². The Labute approximate surface area is 198 Å². The molecule has 3 aromatic rings. The summed E-state index contributed by atoms with van der Waals surface area (Å²) < 4.78 is 17.4. The zero-order valence-electron chi connectivity index (χ0n) is 19.7. The molecule has 0 spiro atoms. The van der Waals surface area contributed by atoms with E-state index in [0.717, 1.165) is 13.0 Å². The lowest BCUT2D eigenvalue weighted by Crippen LogP contribution is -2.44. The van der Waals surface area contributed by atoms with Crippen LogP contribution in [0.25, 0.3) is 11.1 Å². The van der Waals surface area contributed by atoms with Crippen molar-refractivity contribution in [1.82, 2.24) is 25.6 Å². The number of halogens is 1. The summed E-state index contributed by atoms with van der Waals surface area (Å²) in [6.45, 7) is 4.61. The minimum absolute atomic E-state index is 0.0291. The van der Waals surface area contributed by atoms with Gasteiger partial charge in [-0.3, -0.25) is 14.3 Å². The van der Waals surface area contributed by atoms with Crippen LogP contribution >= 0.6 is 0 Å². The summed E-state index contributed by atoms with van der Waals surface area (Å²) in [4.78, 5) is 26.6. The van der Waals surface area contributed by atoms with E-state index in [9.17, 15) is 9.59 Å². The molecule has 1 aromatic heterocycles. The Bertz CT molecular complexity index is 1170. The standard InChI is InChI=1S/C26H30FN5O2/c1-16(2)19-11-12-20(23(24(19)27)17-8-5-4-6-9-17)25(29-26(34)21-10-7-13-28-21)22(33)14-18-15-32(3)31-30-18/h4-6,8-9,11-12,15-16,21,25,28H,7,10,13-14H2,1-3H3,(H,29,34). The van der Waals surface area contributed by atoms with Crippen LogP contribution < -0.4 is 10.6 Å². The first-order valence-corrected chi connectivity index (χ1v) is 11.6. The van der Waals surface area contributed by atoms with Gasteiger partial charge in [-0.15, -0.1) is 5.10 Å². The van der Waals surface area contributed by atoms with Crippen LogP contribution in [0.2, 0.25) is 0 Å². The second kappa shape index (κ2) is 10.3. The number of benzene rings is 2. The molecular weight excluding hydrogens is 433 g/mol. The number of carbonyl (C=O) groups is 2. The number of aryl methyl sites for hydroxylation is 1. The highest BCUT2D eigenvalue weighted by Gasteiger charge is 2.32. The average Bonchev–Trinajstić information content (AvgIpc) is 3.49. The average molecular weight is 464 g/mol. The number of ketones is 1. The maximum absolute atomic E-state index is 15.9. The van der Waals surface area contributed by atoms with Gasteiger partial charge in [-0.1, -0.05) is 61.5 Å². The van der Waals surface area contributed by atoms with Crippen LogP contribution in [0.5, 0.6) is 0 Å². The Morgan fingerprint density at radius 3 is 2.53 bits per heavy atom. The maximum Gasteiger partial charge on any atom is 0.237 e. The molecule has 1 aliphatic rings. The van der Waals surface area contributed by atoms with Crippen molar-refractivity contribution < 1.29 is 14.0 Å². The number of hydrogen-bond acceptors (Lipinski definition) is 5. The van der Waals surface area contributed by atoms with E-state index in [1.807, 2.05) is 44.2 Å². The summed E-state index contributed by atoms with van der Waals surface area (Å²) in [6.07, 6.45) is 3.22. The molecule has 0 aliphatic carbocycles. The molecule has 34 heavy (non-hydrogen) atoms. The maximum atomic E-state index is 15.9. The van der Waals surface area contributed by atoms with E-state index in [-0.39, 0.29) is 35.9 Å². The summed E-state index contributed by atoms with van der Waals surface area (Å²) >= 11 is 0. The van der Waals surface area contributed by atoms with E-state index in [1.165, 1.54) is 4.68 Å². The molecule has 0 bridgehead atoms. The van der Waals surface area contributed by atoms with Gasteiger partial charge in [0.1, 0.15) is 11.9 Å². The molecule has 2 atom stereocenters. The number of Topliss-reactive ketones (excluding diaryl/α,β-unsaturated/α-hetero) is 1. The lowest BCUT2D eigenvalue weighted by Gasteiger charge is -2.24. The SMILES string of the molecule is CC(C)c1ccc(C(NC(=O)C2CCCN2)C(=O)Cc2cn(C)nn2)c(-c2ccccc2)c1F. The number of hydrogen-bond donors (Lipinski definition) is 2. The molecule has 1 saturated heterocycles. The zero-order chi connectivity index (χ0) is 24.2. The first kappa shape index (κ1) is 23.8. The molecule has 2 N–H and O–H groups in total. The van der Waals surface area contributed by atoms with Crippen LogP contribution in [0.1, 0.15) is 55.5 Å². The van der Waals surface area contributed by atoms with Crippen LogP contribution in [0.4, 0.5) is 4.39 Å². The largest absolute Gasteiger partial charge is 0.341 e. The van der Waals surface area contributed by atoms with Gasteiger partial charge < -0.3 is 10.6 Å². The molecule has 1 aliphatic heterocycles. The first-order chi connectivity index (χ1) is 16.3. The van der Waals surface area contributed by atoms with Gasteiger partial charge in [0.15, 0.2) is 5.78 Å². The molecule has 2 unspecified atom stereocenters. The van der Waals surface area contributed by atoms with Crippen molar-refractivity contribution in [3.63, 3.8) is 0 Å². The smallest absolute Gasteiger partial charge is 0.237 e. The van der Waals surface area contributed by atoms with E-state index in [0.29, 0.717) is 34.4 Å². The predicted octanol–water partition coefficient (Wildman–Crippen LogP) is 3.47.